The van der Waals surface area contributed by atoms with Gasteiger partial charge in [-0.3, -0.25) is 19.7 Å². The van der Waals surface area contributed by atoms with E-state index in [4.69, 9.17) is 0 Å². The average molecular weight is 464 g/mol. The maximum Gasteiger partial charge on any atom is 0.220 e. The number of piperidine rings is 3. The van der Waals surface area contributed by atoms with E-state index in [0.29, 0.717) is 19.0 Å². The van der Waals surface area contributed by atoms with E-state index in [0.717, 1.165) is 54.2 Å². The fourth-order valence-corrected chi connectivity index (χ4v) is 7.06. The van der Waals surface area contributed by atoms with Crippen LogP contribution < -0.4 is 5.32 Å². The fourth-order valence-electron chi connectivity index (χ4n) is 7.06. The van der Waals surface area contributed by atoms with Gasteiger partial charge in [-0.2, -0.15) is 5.10 Å². The number of H-pyrrole nitrogens is 1. The normalized spacial score (nSPS) is 27.4. The molecule has 1 amide bonds. The highest BCUT2D eigenvalue weighted by molar-refractivity contribution is 5.75. The molecule has 2 N–H and O–H groups in total. The zero-order valence-electron chi connectivity index (χ0n) is 20.9. The van der Waals surface area contributed by atoms with Crippen molar-refractivity contribution in [3.8, 4) is 0 Å². The number of carbonyl (C=O) groups excluding carboxylic acids is 1. The highest BCUT2D eigenvalue weighted by Gasteiger charge is 2.48. The lowest BCUT2D eigenvalue weighted by Gasteiger charge is -2.57. The SMILES string of the molecule is Cc1n[nH]c(C)c1CNC(=O)CCC[C@@H]1[C@H]2CCCN3CCC[C@@H](CN1Cc1ccccc1)[C@@H]23. The Morgan fingerprint density at radius 2 is 1.94 bits per heavy atom. The molecule has 0 radical (unpaired) electrons. The number of aryl methyl sites for hydroxylation is 2. The van der Waals surface area contributed by atoms with Gasteiger partial charge in [0.2, 0.25) is 5.91 Å². The number of hydrogen-bond donors (Lipinski definition) is 2. The summed E-state index contributed by atoms with van der Waals surface area (Å²) in [4.78, 5) is 18.3. The van der Waals surface area contributed by atoms with Gasteiger partial charge in [0.1, 0.15) is 0 Å². The average Bonchev–Trinajstić information content (AvgIpc) is 3.17. The number of aromatic nitrogens is 2. The van der Waals surface area contributed by atoms with Gasteiger partial charge < -0.3 is 5.32 Å². The lowest BCUT2D eigenvalue weighted by atomic mass is 9.69. The van der Waals surface area contributed by atoms with Gasteiger partial charge in [0, 0.05) is 49.4 Å². The predicted molar refractivity (Wildman–Crippen MR) is 135 cm³/mol. The largest absolute Gasteiger partial charge is 0.352 e. The van der Waals surface area contributed by atoms with Gasteiger partial charge in [-0.25, -0.2) is 0 Å². The molecule has 3 aliphatic heterocycles. The molecule has 0 spiro atoms. The molecule has 6 nitrogen and oxygen atoms in total. The van der Waals surface area contributed by atoms with Crippen molar-refractivity contribution in [2.24, 2.45) is 11.8 Å². The standard InChI is InChI=1S/C28H41N5O/c1-20-25(21(2)31-30-20)17-29-27(34)14-6-13-26-24-12-8-16-32-15-7-11-23(28(24)32)19-33(26)18-22-9-4-3-5-10-22/h3-5,9-10,23-24,26,28H,6-8,11-19H2,1-2H3,(H,29,34)(H,30,31)/t23-,24+,26+,28-/m0/s1. The van der Waals surface area contributed by atoms with E-state index in [1.807, 2.05) is 13.8 Å². The van der Waals surface area contributed by atoms with Crippen molar-refractivity contribution in [3.05, 3.63) is 52.8 Å². The first kappa shape index (κ1) is 23.6. The maximum atomic E-state index is 12.7. The zero-order valence-corrected chi connectivity index (χ0v) is 20.9. The third kappa shape index (κ3) is 5.08. The maximum absolute atomic E-state index is 12.7. The van der Waals surface area contributed by atoms with Gasteiger partial charge >= 0.3 is 0 Å². The van der Waals surface area contributed by atoms with E-state index in [-0.39, 0.29) is 5.91 Å². The summed E-state index contributed by atoms with van der Waals surface area (Å²) in [7, 11) is 0. The molecule has 0 aliphatic carbocycles. The third-order valence-electron chi connectivity index (χ3n) is 8.65. The minimum Gasteiger partial charge on any atom is -0.352 e. The van der Waals surface area contributed by atoms with E-state index >= 15 is 0 Å². The van der Waals surface area contributed by atoms with Gasteiger partial charge in [0.15, 0.2) is 0 Å². The van der Waals surface area contributed by atoms with Gasteiger partial charge in [-0.05, 0) is 82.9 Å². The Labute approximate surface area is 204 Å². The molecule has 4 atom stereocenters. The van der Waals surface area contributed by atoms with Crippen molar-refractivity contribution in [2.45, 2.75) is 84.0 Å². The summed E-state index contributed by atoms with van der Waals surface area (Å²) in [5, 5.41) is 10.4. The Morgan fingerprint density at radius 1 is 1.15 bits per heavy atom. The van der Waals surface area contributed by atoms with E-state index in [9.17, 15) is 4.79 Å². The van der Waals surface area contributed by atoms with Crippen LogP contribution >= 0.6 is 0 Å². The first-order valence-electron chi connectivity index (χ1n) is 13.4. The van der Waals surface area contributed by atoms with E-state index in [2.05, 4.69) is 55.6 Å². The zero-order chi connectivity index (χ0) is 23.5. The van der Waals surface area contributed by atoms with Crippen molar-refractivity contribution in [1.82, 2.24) is 25.3 Å². The third-order valence-corrected chi connectivity index (χ3v) is 8.65. The quantitative estimate of drug-likeness (QED) is 0.616. The number of likely N-dealkylation sites (tertiary alicyclic amines) is 1. The summed E-state index contributed by atoms with van der Waals surface area (Å²) in [5.74, 6) is 1.71. The second-order valence-electron chi connectivity index (χ2n) is 10.8. The fraction of sp³-hybridized carbons (Fsp3) is 0.643. The summed E-state index contributed by atoms with van der Waals surface area (Å²) >= 11 is 0. The molecule has 0 saturated carbocycles. The molecular formula is C28H41N5O. The molecule has 4 heterocycles. The number of carbonyl (C=O) groups is 1. The monoisotopic (exact) mass is 463 g/mol. The van der Waals surface area contributed by atoms with Crippen LogP contribution in [0.5, 0.6) is 0 Å². The lowest BCUT2D eigenvalue weighted by Crippen LogP contribution is -2.64. The van der Waals surface area contributed by atoms with Crippen LogP contribution in [-0.2, 0) is 17.9 Å². The minimum atomic E-state index is 0.159. The van der Waals surface area contributed by atoms with Crippen molar-refractivity contribution < 1.29 is 4.79 Å². The van der Waals surface area contributed by atoms with Gasteiger partial charge in [0.25, 0.3) is 0 Å². The van der Waals surface area contributed by atoms with Crippen molar-refractivity contribution in [2.75, 3.05) is 19.6 Å². The number of amides is 1. The molecule has 1 aromatic heterocycles. The molecule has 5 rings (SSSR count). The van der Waals surface area contributed by atoms with Crippen LogP contribution in [0, 0.1) is 25.7 Å². The molecule has 0 unspecified atom stereocenters. The van der Waals surface area contributed by atoms with Crippen LogP contribution in [0.2, 0.25) is 0 Å². The number of hydrogen-bond acceptors (Lipinski definition) is 4. The number of rotatable bonds is 8. The molecule has 3 fully saturated rings. The van der Waals surface area contributed by atoms with Crippen LogP contribution in [0.4, 0.5) is 0 Å². The number of nitrogens with one attached hydrogen (secondary N) is 2. The Balaban J connectivity index is 1.22. The Bertz CT molecular complexity index is 935. The summed E-state index contributed by atoms with van der Waals surface area (Å²) in [6.45, 7) is 9.40. The molecule has 3 aliphatic rings. The van der Waals surface area contributed by atoms with Crippen LogP contribution in [-0.4, -0.2) is 57.6 Å². The molecule has 3 saturated heterocycles. The first-order valence-corrected chi connectivity index (χ1v) is 13.4. The summed E-state index contributed by atoms with van der Waals surface area (Å²) in [6.07, 6.45) is 8.09. The predicted octanol–water partition coefficient (Wildman–Crippen LogP) is 4.19. The van der Waals surface area contributed by atoms with Crippen molar-refractivity contribution >= 4 is 5.91 Å². The number of benzene rings is 1. The molecule has 2 aromatic rings. The van der Waals surface area contributed by atoms with Gasteiger partial charge in [-0.1, -0.05) is 30.3 Å². The number of nitrogens with zero attached hydrogens (tertiary/aromatic N) is 3. The van der Waals surface area contributed by atoms with Crippen molar-refractivity contribution in [3.63, 3.8) is 0 Å². The molecule has 1 aromatic carbocycles. The first-order chi connectivity index (χ1) is 16.6. The molecule has 6 heteroatoms. The Morgan fingerprint density at radius 3 is 2.71 bits per heavy atom. The highest BCUT2D eigenvalue weighted by atomic mass is 16.1. The van der Waals surface area contributed by atoms with Crippen LogP contribution in [0.25, 0.3) is 0 Å². The molecule has 184 valence electrons. The van der Waals surface area contributed by atoms with Crippen LogP contribution in [0.3, 0.4) is 0 Å². The topological polar surface area (TPSA) is 64.3 Å². The van der Waals surface area contributed by atoms with Crippen LogP contribution in [0.15, 0.2) is 30.3 Å². The second kappa shape index (κ2) is 10.6. The van der Waals surface area contributed by atoms with Crippen LogP contribution in [0.1, 0.15) is 67.5 Å². The van der Waals surface area contributed by atoms with E-state index in [1.54, 1.807) is 0 Å². The molecular weight excluding hydrogens is 422 g/mol. The summed E-state index contributed by atoms with van der Waals surface area (Å²) in [5.41, 5.74) is 4.54. The number of aromatic amines is 1. The van der Waals surface area contributed by atoms with E-state index < -0.39 is 0 Å². The van der Waals surface area contributed by atoms with Gasteiger partial charge in [-0.15, -0.1) is 0 Å². The van der Waals surface area contributed by atoms with E-state index in [1.165, 1.54) is 50.9 Å². The highest BCUT2D eigenvalue weighted by Crippen LogP contribution is 2.43. The van der Waals surface area contributed by atoms with Crippen molar-refractivity contribution in [1.29, 1.82) is 0 Å². The molecule has 34 heavy (non-hydrogen) atoms. The lowest BCUT2D eigenvalue weighted by molar-refractivity contribution is -0.121. The Hall–Kier alpha value is -2.18. The molecule has 0 bridgehead atoms. The Kier molecular flexibility index (Phi) is 7.35. The summed E-state index contributed by atoms with van der Waals surface area (Å²) in [6, 6.07) is 12.3. The second-order valence-corrected chi connectivity index (χ2v) is 10.8. The minimum absolute atomic E-state index is 0.159. The van der Waals surface area contributed by atoms with Gasteiger partial charge in [0.05, 0.1) is 5.69 Å². The smallest absolute Gasteiger partial charge is 0.220 e. The summed E-state index contributed by atoms with van der Waals surface area (Å²) < 4.78 is 0.